The number of carbonyl (C=O) groups is 1. The van der Waals surface area contributed by atoms with E-state index in [4.69, 9.17) is 9.47 Å². The van der Waals surface area contributed by atoms with Crippen LogP contribution >= 0.6 is 0 Å². The Kier molecular flexibility index (Phi) is 4.95. The van der Waals surface area contributed by atoms with Crippen LogP contribution in [0.3, 0.4) is 0 Å². The average molecular weight is 248 g/mol. The van der Waals surface area contributed by atoms with Crippen molar-refractivity contribution in [3.05, 3.63) is 34.9 Å². The molecule has 0 N–H and O–H groups in total. The Balaban J connectivity index is 3.27. The Morgan fingerprint density at radius 3 is 2.17 bits per heavy atom. The van der Waals surface area contributed by atoms with E-state index < -0.39 is 0 Å². The minimum atomic E-state index is -0.00652. The Hall–Kier alpha value is -1.77. The number of allylic oxidation sites excluding steroid dienone is 2. The quantitative estimate of drug-likeness (QED) is 0.591. The number of hydrogen-bond donors (Lipinski definition) is 0. The maximum absolute atomic E-state index is 11.6. The Morgan fingerprint density at radius 2 is 1.72 bits per heavy atom. The first kappa shape index (κ1) is 14.3. The third-order valence-electron chi connectivity index (χ3n) is 2.71. The number of ether oxygens (including phenoxy) is 2. The second-order valence-corrected chi connectivity index (χ2v) is 4.41. The van der Waals surface area contributed by atoms with Crippen LogP contribution in [0.15, 0.2) is 23.8 Å². The molecule has 0 saturated heterocycles. The fraction of sp³-hybridized carbons (Fsp3) is 0.400. The van der Waals surface area contributed by atoms with E-state index in [1.807, 2.05) is 19.9 Å². The summed E-state index contributed by atoms with van der Waals surface area (Å²) >= 11 is 0. The fourth-order valence-electron chi connectivity index (χ4n) is 1.71. The monoisotopic (exact) mass is 248 g/mol. The van der Waals surface area contributed by atoms with Gasteiger partial charge in [-0.05, 0) is 38.8 Å². The van der Waals surface area contributed by atoms with Crippen LogP contribution < -0.4 is 9.47 Å². The highest BCUT2D eigenvalue weighted by Gasteiger charge is 2.13. The van der Waals surface area contributed by atoms with Gasteiger partial charge in [0.25, 0.3) is 0 Å². The summed E-state index contributed by atoms with van der Waals surface area (Å²) in [4.78, 5) is 11.6. The molecule has 1 rings (SSSR count). The zero-order chi connectivity index (χ0) is 13.7. The highest BCUT2D eigenvalue weighted by Crippen LogP contribution is 2.30. The van der Waals surface area contributed by atoms with E-state index in [9.17, 15) is 4.79 Å². The summed E-state index contributed by atoms with van der Waals surface area (Å²) in [7, 11) is 3.17. The molecule has 1 aromatic carbocycles. The summed E-state index contributed by atoms with van der Waals surface area (Å²) < 4.78 is 10.5. The molecule has 98 valence electrons. The fourth-order valence-corrected chi connectivity index (χ4v) is 1.71. The van der Waals surface area contributed by atoms with Crippen molar-refractivity contribution in [3.8, 4) is 11.5 Å². The van der Waals surface area contributed by atoms with E-state index >= 15 is 0 Å². The molecule has 0 amide bonds. The van der Waals surface area contributed by atoms with E-state index in [2.05, 4.69) is 6.08 Å². The van der Waals surface area contributed by atoms with E-state index in [1.165, 1.54) is 12.5 Å². The van der Waals surface area contributed by atoms with Crippen molar-refractivity contribution < 1.29 is 14.3 Å². The molecule has 0 saturated carbocycles. The predicted molar refractivity (Wildman–Crippen MR) is 72.7 cm³/mol. The van der Waals surface area contributed by atoms with Crippen LogP contribution in [0.2, 0.25) is 0 Å². The number of Topliss-reactive ketones (excluding diaryl/α,β-unsaturated/α-hetero) is 1. The molecule has 0 aliphatic heterocycles. The average Bonchev–Trinajstić information content (AvgIpc) is 2.34. The van der Waals surface area contributed by atoms with Gasteiger partial charge in [-0.1, -0.05) is 11.6 Å². The van der Waals surface area contributed by atoms with Gasteiger partial charge in [-0.15, -0.1) is 0 Å². The Labute approximate surface area is 108 Å². The van der Waals surface area contributed by atoms with Crippen LogP contribution in [0.25, 0.3) is 0 Å². The molecule has 0 aliphatic carbocycles. The molecular weight excluding hydrogens is 228 g/mol. The first-order valence-electron chi connectivity index (χ1n) is 5.88. The highest BCUT2D eigenvalue weighted by atomic mass is 16.5. The van der Waals surface area contributed by atoms with Gasteiger partial charge >= 0.3 is 0 Å². The molecule has 18 heavy (non-hydrogen) atoms. The van der Waals surface area contributed by atoms with Gasteiger partial charge in [0.05, 0.1) is 19.8 Å². The van der Waals surface area contributed by atoms with E-state index in [-0.39, 0.29) is 5.78 Å². The lowest BCUT2D eigenvalue weighted by atomic mass is 10.0. The smallest absolute Gasteiger partial charge is 0.163 e. The maximum atomic E-state index is 11.6. The zero-order valence-corrected chi connectivity index (χ0v) is 11.7. The molecule has 3 nitrogen and oxygen atoms in total. The van der Waals surface area contributed by atoms with Crippen molar-refractivity contribution in [1.29, 1.82) is 0 Å². The van der Waals surface area contributed by atoms with Crippen molar-refractivity contribution in [2.45, 2.75) is 27.2 Å². The summed E-state index contributed by atoms with van der Waals surface area (Å²) in [5.41, 5.74) is 2.82. The minimum absolute atomic E-state index is 0.00652. The van der Waals surface area contributed by atoms with E-state index in [0.29, 0.717) is 11.3 Å². The van der Waals surface area contributed by atoms with Crippen LogP contribution in [0.1, 0.15) is 36.7 Å². The van der Waals surface area contributed by atoms with E-state index in [1.54, 1.807) is 20.3 Å². The predicted octanol–water partition coefficient (Wildman–Crippen LogP) is 3.42. The maximum Gasteiger partial charge on any atom is 0.163 e. The van der Waals surface area contributed by atoms with Gasteiger partial charge in [0.15, 0.2) is 5.78 Å². The van der Waals surface area contributed by atoms with Crippen LogP contribution in [-0.4, -0.2) is 20.0 Å². The largest absolute Gasteiger partial charge is 0.496 e. The molecule has 0 unspecified atom stereocenters. The van der Waals surface area contributed by atoms with Crippen molar-refractivity contribution >= 4 is 5.78 Å². The van der Waals surface area contributed by atoms with Gasteiger partial charge in [-0.3, -0.25) is 4.79 Å². The third kappa shape index (κ3) is 3.36. The molecule has 1 aromatic rings. The molecule has 0 fully saturated rings. The summed E-state index contributed by atoms with van der Waals surface area (Å²) in [6, 6.07) is 3.62. The lowest BCUT2D eigenvalue weighted by molar-refractivity contribution is 0.101. The summed E-state index contributed by atoms with van der Waals surface area (Å²) in [6.07, 6.45) is 2.85. The van der Waals surface area contributed by atoms with Crippen LogP contribution in [0.4, 0.5) is 0 Å². The normalized spacial score (nSPS) is 9.83. The van der Waals surface area contributed by atoms with Crippen LogP contribution in [0, 0.1) is 0 Å². The first-order chi connectivity index (χ1) is 8.49. The molecule has 0 radical (unpaired) electrons. The molecule has 0 atom stereocenters. The Bertz CT molecular complexity index is 469. The van der Waals surface area contributed by atoms with Gasteiger partial charge in [0.1, 0.15) is 11.5 Å². The van der Waals surface area contributed by atoms with Crippen molar-refractivity contribution in [2.75, 3.05) is 14.2 Å². The number of methoxy groups -OCH3 is 2. The second-order valence-electron chi connectivity index (χ2n) is 4.41. The van der Waals surface area contributed by atoms with Crippen LogP contribution in [0.5, 0.6) is 11.5 Å². The van der Waals surface area contributed by atoms with Crippen molar-refractivity contribution in [2.24, 2.45) is 0 Å². The number of rotatable bonds is 5. The topological polar surface area (TPSA) is 35.5 Å². The SMILES string of the molecule is COc1cc(OC)c(C(C)=O)cc1CC=C(C)C. The van der Waals surface area contributed by atoms with Crippen LogP contribution in [-0.2, 0) is 6.42 Å². The lowest BCUT2D eigenvalue weighted by Crippen LogP contribution is -2.01. The highest BCUT2D eigenvalue weighted by molar-refractivity contribution is 5.97. The standard InChI is InChI=1S/C15H20O3/c1-10(2)6-7-12-8-13(11(3)16)15(18-5)9-14(12)17-4/h6,8-9H,7H2,1-5H3. The molecule has 0 bridgehead atoms. The van der Waals surface area contributed by atoms with E-state index in [0.717, 1.165) is 17.7 Å². The molecule has 0 aromatic heterocycles. The van der Waals surface area contributed by atoms with Gasteiger partial charge in [-0.2, -0.15) is 0 Å². The van der Waals surface area contributed by atoms with Gasteiger partial charge in [0.2, 0.25) is 0 Å². The molecular formula is C15H20O3. The van der Waals surface area contributed by atoms with Gasteiger partial charge in [0, 0.05) is 6.07 Å². The van der Waals surface area contributed by atoms with Gasteiger partial charge < -0.3 is 9.47 Å². The zero-order valence-electron chi connectivity index (χ0n) is 11.7. The molecule has 0 spiro atoms. The second kappa shape index (κ2) is 6.24. The molecule has 0 heterocycles. The van der Waals surface area contributed by atoms with Crippen molar-refractivity contribution in [1.82, 2.24) is 0 Å². The minimum Gasteiger partial charge on any atom is -0.496 e. The van der Waals surface area contributed by atoms with Crippen molar-refractivity contribution in [3.63, 3.8) is 0 Å². The first-order valence-corrected chi connectivity index (χ1v) is 5.88. The number of carbonyl (C=O) groups excluding carboxylic acids is 1. The summed E-state index contributed by atoms with van der Waals surface area (Å²) in [5.74, 6) is 1.29. The number of benzene rings is 1. The summed E-state index contributed by atoms with van der Waals surface area (Å²) in [6.45, 7) is 5.62. The molecule has 3 heteroatoms. The lowest BCUT2D eigenvalue weighted by Gasteiger charge is -2.12. The van der Waals surface area contributed by atoms with Gasteiger partial charge in [-0.25, -0.2) is 0 Å². The number of hydrogen-bond acceptors (Lipinski definition) is 3. The molecule has 0 aliphatic rings. The Morgan fingerprint density at radius 1 is 1.11 bits per heavy atom. The number of ketones is 1. The third-order valence-corrected chi connectivity index (χ3v) is 2.71. The summed E-state index contributed by atoms with van der Waals surface area (Å²) in [5, 5.41) is 0.